The van der Waals surface area contributed by atoms with Crippen LogP contribution in [-0.2, 0) is 4.79 Å². The normalized spacial score (nSPS) is 14.0. The Morgan fingerprint density at radius 2 is 1.59 bits per heavy atom. The zero-order valence-corrected chi connectivity index (χ0v) is 15.9. The highest BCUT2D eigenvalue weighted by molar-refractivity contribution is 7.80. The lowest BCUT2D eigenvalue weighted by atomic mass is 10.1. The van der Waals surface area contributed by atoms with Gasteiger partial charge in [0.15, 0.2) is 6.61 Å². The molecule has 1 aliphatic rings. The van der Waals surface area contributed by atoms with Crippen LogP contribution in [0.1, 0.15) is 5.56 Å². The number of thiocarbonyl (C=S) groups is 1. The Morgan fingerprint density at radius 1 is 1.00 bits per heavy atom. The van der Waals surface area contributed by atoms with Crippen molar-refractivity contribution in [3.05, 3.63) is 54.1 Å². The summed E-state index contributed by atoms with van der Waals surface area (Å²) in [5.41, 5.74) is 2.12. The lowest BCUT2D eigenvalue weighted by Crippen LogP contribution is -2.48. The number of aliphatic carboxylic acids is 1. The molecular weight excluding hydrogens is 364 g/mol. The van der Waals surface area contributed by atoms with Crippen LogP contribution >= 0.6 is 12.2 Å². The lowest BCUT2D eigenvalue weighted by Gasteiger charge is -2.37. The van der Waals surface area contributed by atoms with Gasteiger partial charge in [-0.3, -0.25) is 0 Å². The summed E-state index contributed by atoms with van der Waals surface area (Å²) < 4.78 is 10.4. The number of methoxy groups -OCH3 is 1. The molecule has 1 saturated heterocycles. The first-order valence-electron chi connectivity index (χ1n) is 8.70. The average Bonchev–Trinajstić information content (AvgIpc) is 2.72. The number of benzene rings is 2. The van der Waals surface area contributed by atoms with Crippen LogP contribution < -0.4 is 14.4 Å². The molecule has 0 amide bonds. The predicted molar refractivity (Wildman–Crippen MR) is 108 cm³/mol. The minimum Gasteiger partial charge on any atom is -0.497 e. The summed E-state index contributed by atoms with van der Waals surface area (Å²) in [6, 6.07) is 15.3. The third kappa shape index (κ3) is 4.89. The quantitative estimate of drug-likeness (QED) is 0.766. The van der Waals surface area contributed by atoms with Gasteiger partial charge in [-0.15, -0.1) is 0 Å². The highest BCUT2D eigenvalue weighted by Gasteiger charge is 2.20. The Bertz CT molecular complexity index is 785. The van der Waals surface area contributed by atoms with E-state index >= 15 is 0 Å². The van der Waals surface area contributed by atoms with Crippen LogP contribution in [0.15, 0.2) is 48.5 Å². The van der Waals surface area contributed by atoms with E-state index < -0.39 is 5.97 Å². The second-order valence-corrected chi connectivity index (χ2v) is 6.57. The van der Waals surface area contributed by atoms with E-state index in [1.807, 2.05) is 24.3 Å². The molecule has 27 heavy (non-hydrogen) atoms. The van der Waals surface area contributed by atoms with Crippen LogP contribution in [-0.4, -0.2) is 60.9 Å². The van der Waals surface area contributed by atoms with Gasteiger partial charge in [-0.05, 0) is 48.5 Å². The third-order valence-electron chi connectivity index (χ3n) is 4.47. The molecule has 0 spiro atoms. The molecular formula is C20H22N2O4S. The zero-order valence-electron chi connectivity index (χ0n) is 15.1. The molecule has 0 atom stereocenters. The first-order valence-corrected chi connectivity index (χ1v) is 9.10. The van der Waals surface area contributed by atoms with Gasteiger partial charge in [0.2, 0.25) is 0 Å². The van der Waals surface area contributed by atoms with Gasteiger partial charge in [0.1, 0.15) is 16.5 Å². The fourth-order valence-corrected chi connectivity index (χ4v) is 3.30. The number of nitrogens with zero attached hydrogens (tertiary/aromatic N) is 2. The standard InChI is InChI=1S/C20H22N2O4S/c1-25-17-8-4-16(5-9-17)21-10-12-22(13-11-21)20(27)15-2-6-18(7-3-15)26-14-19(23)24/h2-9H,10-14H2,1H3,(H,23,24). The van der Waals surface area contributed by atoms with Gasteiger partial charge in [0, 0.05) is 37.4 Å². The van der Waals surface area contributed by atoms with E-state index in [1.54, 1.807) is 19.2 Å². The van der Waals surface area contributed by atoms with E-state index in [9.17, 15) is 4.79 Å². The van der Waals surface area contributed by atoms with Crippen molar-refractivity contribution in [3.63, 3.8) is 0 Å². The van der Waals surface area contributed by atoms with E-state index in [0.717, 1.165) is 42.5 Å². The molecule has 7 heteroatoms. The fourth-order valence-electron chi connectivity index (χ4n) is 2.98. The van der Waals surface area contributed by atoms with E-state index in [0.29, 0.717) is 5.75 Å². The second kappa shape index (κ2) is 8.73. The van der Waals surface area contributed by atoms with Gasteiger partial charge >= 0.3 is 5.97 Å². The van der Waals surface area contributed by atoms with Crippen LogP contribution in [0.3, 0.4) is 0 Å². The van der Waals surface area contributed by atoms with Crippen molar-refractivity contribution in [2.45, 2.75) is 0 Å². The SMILES string of the molecule is COc1ccc(N2CCN(C(=S)c3ccc(OCC(=O)O)cc3)CC2)cc1. The van der Waals surface area contributed by atoms with Crippen molar-refractivity contribution in [1.82, 2.24) is 4.90 Å². The van der Waals surface area contributed by atoms with Crippen molar-refractivity contribution in [2.75, 3.05) is 44.8 Å². The summed E-state index contributed by atoms with van der Waals surface area (Å²) in [5, 5.41) is 8.66. The molecule has 1 aliphatic heterocycles. The summed E-state index contributed by atoms with van der Waals surface area (Å²) in [6.07, 6.45) is 0. The fraction of sp³-hybridized carbons (Fsp3) is 0.300. The van der Waals surface area contributed by atoms with Gasteiger partial charge in [-0.25, -0.2) is 4.79 Å². The first-order chi connectivity index (χ1) is 13.1. The summed E-state index contributed by atoms with van der Waals surface area (Å²) in [4.78, 5) is 15.9. The molecule has 0 radical (unpaired) electrons. The van der Waals surface area contributed by atoms with E-state index in [4.69, 9.17) is 26.8 Å². The van der Waals surface area contributed by atoms with Crippen molar-refractivity contribution < 1.29 is 19.4 Å². The monoisotopic (exact) mass is 386 g/mol. The summed E-state index contributed by atoms with van der Waals surface area (Å²) in [7, 11) is 1.67. The number of carboxylic acids is 1. The third-order valence-corrected chi connectivity index (χ3v) is 4.96. The maximum atomic E-state index is 10.6. The van der Waals surface area contributed by atoms with Gasteiger partial charge in [0.05, 0.1) is 7.11 Å². The van der Waals surface area contributed by atoms with Gasteiger partial charge < -0.3 is 24.4 Å². The van der Waals surface area contributed by atoms with E-state index in [2.05, 4.69) is 21.9 Å². The molecule has 6 nitrogen and oxygen atoms in total. The number of rotatable bonds is 6. The molecule has 1 N–H and O–H groups in total. The largest absolute Gasteiger partial charge is 0.497 e. The smallest absolute Gasteiger partial charge is 0.341 e. The van der Waals surface area contributed by atoms with Crippen LogP contribution in [0.4, 0.5) is 5.69 Å². The molecule has 0 bridgehead atoms. The summed E-state index contributed by atoms with van der Waals surface area (Å²) in [5.74, 6) is 0.381. The Hall–Kier alpha value is -2.80. The molecule has 1 heterocycles. The summed E-state index contributed by atoms with van der Waals surface area (Å²) >= 11 is 5.63. The minimum atomic E-state index is -0.996. The van der Waals surface area contributed by atoms with Crippen LogP contribution in [0, 0.1) is 0 Å². The molecule has 0 unspecified atom stereocenters. The Morgan fingerprint density at radius 3 is 2.15 bits per heavy atom. The number of ether oxygens (including phenoxy) is 2. The zero-order chi connectivity index (χ0) is 19.2. The maximum absolute atomic E-state index is 10.6. The Balaban J connectivity index is 1.55. The van der Waals surface area contributed by atoms with Crippen molar-refractivity contribution >= 4 is 28.9 Å². The predicted octanol–water partition coefficient (Wildman–Crippen LogP) is 2.66. The van der Waals surface area contributed by atoms with Crippen LogP contribution in [0.5, 0.6) is 11.5 Å². The van der Waals surface area contributed by atoms with E-state index in [1.165, 1.54) is 5.69 Å². The number of hydrogen-bond donors (Lipinski definition) is 1. The molecule has 3 rings (SSSR count). The van der Waals surface area contributed by atoms with Gasteiger partial charge in [0.25, 0.3) is 0 Å². The minimum absolute atomic E-state index is 0.350. The van der Waals surface area contributed by atoms with Crippen molar-refractivity contribution in [3.8, 4) is 11.5 Å². The molecule has 0 aliphatic carbocycles. The highest BCUT2D eigenvalue weighted by Crippen LogP contribution is 2.21. The number of anilines is 1. The number of carbonyl (C=O) groups is 1. The van der Waals surface area contributed by atoms with Crippen LogP contribution in [0.2, 0.25) is 0 Å². The Kier molecular flexibility index (Phi) is 6.13. The van der Waals surface area contributed by atoms with Crippen molar-refractivity contribution in [1.29, 1.82) is 0 Å². The number of hydrogen-bond acceptors (Lipinski definition) is 5. The first kappa shape index (κ1) is 19.0. The average molecular weight is 386 g/mol. The molecule has 2 aromatic rings. The number of carboxylic acid groups (broad SMARTS) is 1. The molecule has 1 fully saturated rings. The Labute approximate surface area is 163 Å². The van der Waals surface area contributed by atoms with Gasteiger partial charge in [-0.2, -0.15) is 0 Å². The lowest BCUT2D eigenvalue weighted by molar-refractivity contribution is -0.139. The van der Waals surface area contributed by atoms with Gasteiger partial charge in [-0.1, -0.05) is 12.2 Å². The van der Waals surface area contributed by atoms with Crippen LogP contribution in [0.25, 0.3) is 0 Å². The molecule has 142 valence electrons. The molecule has 0 aromatic heterocycles. The number of piperazine rings is 1. The van der Waals surface area contributed by atoms with E-state index in [-0.39, 0.29) is 6.61 Å². The molecule has 2 aromatic carbocycles. The molecule has 0 saturated carbocycles. The van der Waals surface area contributed by atoms with Crippen molar-refractivity contribution in [2.24, 2.45) is 0 Å². The highest BCUT2D eigenvalue weighted by atomic mass is 32.1. The summed E-state index contributed by atoms with van der Waals surface area (Å²) in [6.45, 7) is 3.14. The maximum Gasteiger partial charge on any atom is 0.341 e. The second-order valence-electron chi connectivity index (χ2n) is 6.18. The topological polar surface area (TPSA) is 62.2 Å².